The Bertz CT molecular complexity index is 1410. The highest BCUT2D eigenvalue weighted by atomic mass is 35.5. The van der Waals surface area contributed by atoms with E-state index in [1.165, 1.54) is 0 Å². The van der Waals surface area contributed by atoms with Gasteiger partial charge in [0.25, 0.3) is 11.5 Å². The van der Waals surface area contributed by atoms with Gasteiger partial charge in [-0.1, -0.05) is 72.3 Å². The Hall–Kier alpha value is -3.97. The van der Waals surface area contributed by atoms with E-state index >= 15 is 0 Å². The molecular weight excluding hydrogens is 452 g/mol. The number of benzene rings is 3. The average molecular weight is 475 g/mol. The highest BCUT2D eigenvalue weighted by Gasteiger charge is 2.24. The molecule has 34 heavy (non-hydrogen) atoms. The summed E-state index contributed by atoms with van der Waals surface area (Å²) < 4.78 is 2.11. The summed E-state index contributed by atoms with van der Waals surface area (Å²) in [5.41, 5.74) is 0.216. The molecule has 3 aromatic carbocycles. The summed E-state index contributed by atoms with van der Waals surface area (Å²) in [4.78, 5) is 40.0. The standard InChI is InChI=1S/C26H23ClN4O3/c1-17(19-9-5-3-6-10-19)28-24(32)23-25(33)30(18(2)20-11-7-4-8-12-20)26(34)31(29-23)22-15-13-21(27)14-16-22/h3-18H,1-2H3,(H,28,32). The maximum Gasteiger partial charge on any atom is 0.352 e. The number of rotatable bonds is 6. The normalized spacial score (nSPS) is 12.7. The van der Waals surface area contributed by atoms with Gasteiger partial charge in [-0.25, -0.2) is 9.36 Å². The molecule has 0 radical (unpaired) electrons. The summed E-state index contributed by atoms with van der Waals surface area (Å²) in [6, 6.07) is 23.9. The average Bonchev–Trinajstić information content (AvgIpc) is 2.86. The predicted octanol–water partition coefficient (Wildman–Crippen LogP) is 4.15. The zero-order valence-electron chi connectivity index (χ0n) is 18.7. The van der Waals surface area contributed by atoms with Gasteiger partial charge in [0.15, 0.2) is 0 Å². The molecule has 0 saturated heterocycles. The number of nitrogens with one attached hydrogen (secondary N) is 1. The molecule has 4 rings (SSSR count). The van der Waals surface area contributed by atoms with Gasteiger partial charge in [0.1, 0.15) is 0 Å². The van der Waals surface area contributed by atoms with E-state index in [1.807, 2.05) is 67.6 Å². The van der Waals surface area contributed by atoms with Crippen LogP contribution in [-0.2, 0) is 0 Å². The van der Waals surface area contributed by atoms with E-state index in [0.29, 0.717) is 10.7 Å². The zero-order chi connectivity index (χ0) is 24.2. The molecule has 7 nitrogen and oxygen atoms in total. The van der Waals surface area contributed by atoms with Crippen molar-refractivity contribution in [1.82, 2.24) is 19.7 Å². The molecule has 4 aromatic rings. The van der Waals surface area contributed by atoms with Gasteiger partial charge in [-0.2, -0.15) is 9.78 Å². The number of amides is 1. The summed E-state index contributed by atoms with van der Waals surface area (Å²) in [5.74, 6) is -0.668. The van der Waals surface area contributed by atoms with Crippen LogP contribution in [0.3, 0.4) is 0 Å². The smallest absolute Gasteiger partial charge is 0.344 e. The monoisotopic (exact) mass is 474 g/mol. The van der Waals surface area contributed by atoms with Gasteiger partial charge in [-0.15, -0.1) is 0 Å². The second kappa shape index (κ2) is 9.89. The van der Waals surface area contributed by atoms with Crippen LogP contribution in [0.25, 0.3) is 5.69 Å². The molecule has 0 saturated carbocycles. The first-order chi connectivity index (χ1) is 16.4. The Balaban J connectivity index is 1.84. The summed E-state index contributed by atoms with van der Waals surface area (Å²) in [6.45, 7) is 3.55. The molecule has 0 spiro atoms. The summed E-state index contributed by atoms with van der Waals surface area (Å²) in [5, 5.41) is 7.47. The first-order valence-corrected chi connectivity index (χ1v) is 11.2. The van der Waals surface area contributed by atoms with Crippen LogP contribution in [0.2, 0.25) is 5.02 Å². The fourth-order valence-corrected chi connectivity index (χ4v) is 3.82. The molecule has 0 aliphatic carbocycles. The molecule has 0 fully saturated rings. The van der Waals surface area contributed by atoms with E-state index in [1.54, 1.807) is 31.2 Å². The highest BCUT2D eigenvalue weighted by molar-refractivity contribution is 6.30. The third-order valence-electron chi connectivity index (χ3n) is 5.61. The van der Waals surface area contributed by atoms with Crippen LogP contribution < -0.4 is 16.6 Å². The van der Waals surface area contributed by atoms with Crippen LogP contribution >= 0.6 is 11.6 Å². The molecule has 1 heterocycles. The van der Waals surface area contributed by atoms with Crippen LogP contribution in [0.15, 0.2) is 94.5 Å². The Morgan fingerprint density at radius 2 is 1.41 bits per heavy atom. The molecule has 8 heteroatoms. The van der Waals surface area contributed by atoms with Crippen molar-refractivity contribution in [2.75, 3.05) is 0 Å². The molecule has 0 aliphatic rings. The molecule has 1 aromatic heterocycles. The Labute approximate surface area is 201 Å². The first-order valence-electron chi connectivity index (χ1n) is 10.8. The van der Waals surface area contributed by atoms with Crippen molar-refractivity contribution in [2.24, 2.45) is 0 Å². The molecule has 2 atom stereocenters. The number of hydrogen-bond acceptors (Lipinski definition) is 4. The van der Waals surface area contributed by atoms with Gasteiger partial charge in [-0.3, -0.25) is 9.59 Å². The SMILES string of the molecule is CC(NC(=O)c1nn(-c2ccc(Cl)cc2)c(=O)n(C(C)c2ccccc2)c1=O)c1ccccc1. The minimum Gasteiger partial charge on any atom is -0.344 e. The maximum atomic E-state index is 13.4. The van der Waals surface area contributed by atoms with Crippen LogP contribution in [-0.4, -0.2) is 20.3 Å². The molecule has 1 amide bonds. The van der Waals surface area contributed by atoms with Crippen molar-refractivity contribution in [3.8, 4) is 5.69 Å². The topological polar surface area (TPSA) is 86.0 Å². The van der Waals surface area contributed by atoms with Crippen molar-refractivity contribution in [2.45, 2.75) is 25.9 Å². The zero-order valence-corrected chi connectivity index (χ0v) is 19.4. The van der Waals surface area contributed by atoms with E-state index in [0.717, 1.165) is 20.4 Å². The van der Waals surface area contributed by atoms with E-state index in [-0.39, 0.29) is 11.7 Å². The van der Waals surface area contributed by atoms with E-state index in [2.05, 4.69) is 10.4 Å². The molecule has 0 aliphatic heterocycles. The third kappa shape index (κ3) is 4.70. The number of carbonyl (C=O) groups is 1. The van der Waals surface area contributed by atoms with Crippen LogP contribution in [0, 0.1) is 0 Å². The molecule has 0 bridgehead atoms. The lowest BCUT2D eigenvalue weighted by Crippen LogP contribution is -2.47. The van der Waals surface area contributed by atoms with Crippen molar-refractivity contribution in [3.05, 3.63) is 128 Å². The fraction of sp³-hybridized carbons (Fsp3) is 0.154. The second-order valence-electron chi connectivity index (χ2n) is 7.89. The van der Waals surface area contributed by atoms with Gasteiger partial charge in [0.2, 0.25) is 5.69 Å². The maximum absolute atomic E-state index is 13.4. The largest absolute Gasteiger partial charge is 0.352 e. The van der Waals surface area contributed by atoms with Crippen LogP contribution in [0.4, 0.5) is 0 Å². The van der Waals surface area contributed by atoms with Crippen molar-refractivity contribution < 1.29 is 4.79 Å². The third-order valence-corrected chi connectivity index (χ3v) is 5.86. The first kappa shape index (κ1) is 23.2. The minimum atomic E-state index is -0.760. The number of nitrogens with zero attached hydrogens (tertiary/aromatic N) is 3. The van der Waals surface area contributed by atoms with E-state index in [9.17, 15) is 14.4 Å². The lowest BCUT2D eigenvalue weighted by Gasteiger charge is -2.19. The Kier molecular flexibility index (Phi) is 6.75. The molecule has 172 valence electrons. The number of carbonyl (C=O) groups excluding carboxylic acids is 1. The molecule has 2 unspecified atom stereocenters. The van der Waals surface area contributed by atoms with Crippen molar-refractivity contribution >= 4 is 17.5 Å². The predicted molar refractivity (Wildman–Crippen MR) is 132 cm³/mol. The minimum absolute atomic E-state index is 0.370. The Morgan fingerprint density at radius 1 is 0.853 bits per heavy atom. The van der Waals surface area contributed by atoms with E-state index in [4.69, 9.17) is 11.6 Å². The second-order valence-corrected chi connectivity index (χ2v) is 8.32. The summed E-state index contributed by atoms with van der Waals surface area (Å²) >= 11 is 6.00. The van der Waals surface area contributed by atoms with Crippen molar-refractivity contribution in [3.63, 3.8) is 0 Å². The van der Waals surface area contributed by atoms with E-state index < -0.39 is 23.2 Å². The summed E-state index contributed by atoms with van der Waals surface area (Å²) in [7, 11) is 0. The number of hydrogen-bond donors (Lipinski definition) is 1. The van der Waals surface area contributed by atoms with Crippen molar-refractivity contribution in [1.29, 1.82) is 0 Å². The molecule has 1 N–H and O–H groups in total. The van der Waals surface area contributed by atoms with Crippen LogP contribution in [0.5, 0.6) is 0 Å². The van der Waals surface area contributed by atoms with Gasteiger partial charge in [0, 0.05) is 5.02 Å². The number of halogens is 1. The lowest BCUT2D eigenvalue weighted by atomic mass is 10.1. The number of aromatic nitrogens is 3. The summed E-state index contributed by atoms with van der Waals surface area (Å²) in [6.07, 6.45) is 0. The van der Waals surface area contributed by atoms with Gasteiger partial charge >= 0.3 is 5.69 Å². The van der Waals surface area contributed by atoms with Gasteiger partial charge in [-0.05, 0) is 49.2 Å². The quantitative estimate of drug-likeness (QED) is 0.455. The van der Waals surface area contributed by atoms with Gasteiger partial charge in [0.05, 0.1) is 17.8 Å². The van der Waals surface area contributed by atoms with Crippen LogP contribution in [0.1, 0.15) is 47.5 Å². The van der Waals surface area contributed by atoms with Gasteiger partial charge < -0.3 is 5.32 Å². The molecular formula is C26H23ClN4O3. The Morgan fingerprint density at radius 3 is 2.00 bits per heavy atom. The fourth-order valence-electron chi connectivity index (χ4n) is 3.69. The highest BCUT2D eigenvalue weighted by Crippen LogP contribution is 2.16. The lowest BCUT2D eigenvalue weighted by molar-refractivity contribution is 0.0929.